The van der Waals surface area contributed by atoms with Crippen LogP contribution in [0.25, 0.3) is 0 Å². The van der Waals surface area contributed by atoms with Crippen LogP contribution in [0, 0.1) is 23.7 Å². The first-order valence-corrected chi connectivity index (χ1v) is 27.4. The second-order valence-electron chi connectivity index (χ2n) is 19.0. The number of aliphatic carboxylic acids is 4. The normalized spacial score (nSPS) is 18.7. The number of ketones is 2. The summed E-state index contributed by atoms with van der Waals surface area (Å²) >= 11 is 8.92. The van der Waals surface area contributed by atoms with Crippen LogP contribution in [0.5, 0.6) is 0 Å². The third-order valence-corrected chi connectivity index (χ3v) is 15.5. The summed E-state index contributed by atoms with van der Waals surface area (Å²) in [6, 6.07) is 7.51. The van der Waals surface area contributed by atoms with Crippen LogP contribution < -0.4 is 5.73 Å². The van der Waals surface area contributed by atoms with Crippen LogP contribution in [-0.4, -0.2) is 193 Å². The molecule has 0 aliphatic carbocycles. The third-order valence-electron chi connectivity index (χ3n) is 13.3. The molecule has 2 fully saturated rings. The number of carboxylic acid groups (broad SMARTS) is 4. The molecule has 5 atom stereocenters. The molecule has 5 unspecified atom stereocenters. The molecule has 72 heavy (non-hydrogen) atoms. The quantitative estimate of drug-likeness (QED) is 0.0159. The predicted octanol–water partition coefficient (Wildman–Crippen LogP) is 4.52. The van der Waals surface area contributed by atoms with Gasteiger partial charge in [-0.15, -0.1) is 11.8 Å². The number of hydrogen-bond acceptors (Lipinski definition) is 15. The number of aliphatic imine (C=N–C) groups is 1. The number of likely N-dealkylation sites (tertiary alicyclic amines) is 1. The number of benzene rings is 1. The van der Waals surface area contributed by atoms with E-state index in [-0.39, 0.29) is 111 Å². The second kappa shape index (κ2) is 33.9. The van der Waals surface area contributed by atoms with E-state index < -0.39 is 46.9 Å². The molecule has 1 aromatic rings. The number of imide groups is 1. The minimum Gasteiger partial charge on any atom is -0.481 e. The summed E-state index contributed by atoms with van der Waals surface area (Å²) in [4.78, 5) is 112. The summed E-state index contributed by atoms with van der Waals surface area (Å²) in [6.07, 6.45) is 5.86. The predicted molar refractivity (Wildman–Crippen MR) is 280 cm³/mol. The molecule has 2 saturated heterocycles. The van der Waals surface area contributed by atoms with Crippen LogP contribution in [0.4, 0.5) is 0 Å². The number of thioether (sulfide) groups is 2. The summed E-state index contributed by atoms with van der Waals surface area (Å²) < 4.78 is 0. The Bertz CT molecular complexity index is 2010. The van der Waals surface area contributed by atoms with Crippen LogP contribution >= 0.6 is 35.7 Å². The van der Waals surface area contributed by atoms with Crippen molar-refractivity contribution in [2.24, 2.45) is 34.4 Å². The molecule has 1 aromatic carbocycles. The van der Waals surface area contributed by atoms with Gasteiger partial charge in [0.05, 0.1) is 36.5 Å². The molecule has 0 saturated carbocycles. The van der Waals surface area contributed by atoms with Crippen molar-refractivity contribution in [2.75, 3.05) is 83.7 Å². The Kier molecular flexibility index (Phi) is 30.3. The molecule has 18 nitrogen and oxygen atoms in total. The standard InChI is InChI=1S/C50H76N6O12S3.Cu/c1-33(2)40(42(58)27-37(50(67)68)8-5-6-16-56-45(59)29-43(49(56)66)71-22-7-9-44(51)52-3)28-41(57)36(15-23-70-4)26-39(69)25-35-12-10-34(11-13-35)24-38-30-53(17-14-46(60)61)18-19-54(31-47(62)63)20-21-55(38)32-48(64)65;/h10-13,33,36-38,40,43H,5-9,14-32H2,1-4H3,(H2,51,52)(H,60,61)(H,62,63)(H,64,65)(H,67,68);/i;1+0. The van der Waals surface area contributed by atoms with Crippen molar-refractivity contribution in [3.63, 3.8) is 0 Å². The maximum atomic E-state index is 14.0. The Hall–Kier alpha value is -3.76. The van der Waals surface area contributed by atoms with Crippen molar-refractivity contribution in [1.29, 1.82) is 0 Å². The van der Waals surface area contributed by atoms with Gasteiger partial charge in [-0.3, -0.25) is 62.9 Å². The van der Waals surface area contributed by atoms with Gasteiger partial charge in [0, 0.05) is 120 Å². The number of Topliss-reactive ketones (excluding diaryl/α,β-unsaturated/α-hetero) is 2. The van der Waals surface area contributed by atoms with Crippen LogP contribution in [0.2, 0.25) is 0 Å². The summed E-state index contributed by atoms with van der Waals surface area (Å²) in [6.45, 7) is 5.53. The van der Waals surface area contributed by atoms with E-state index in [2.05, 4.69) is 4.99 Å². The van der Waals surface area contributed by atoms with Crippen molar-refractivity contribution in [2.45, 2.75) is 109 Å². The van der Waals surface area contributed by atoms with E-state index in [1.54, 1.807) is 23.7 Å². The maximum Gasteiger partial charge on any atom is 0.317 e. The van der Waals surface area contributed by atoms with Crippen LogP contribution in [0.3, 0.4) is 0 Å². The SMILES string of the molecule is CN=C(N)CCCSC1CC(=O)N(CCCCC(CC(=O)C(CC(=O)C(CCSC)CC(=S)Cc2ccc(CC3CN(CCC(=O)O)CCN(CC(=O)O)CCN3CC(=O)O)cc2)C(C)C)C(=O)O)C1=O.[64Cu]. The largest absolute Gasteiger partial charge is 0.481 e. The van der Waals surface area contributed by atoms with Gasteiger partial charge in [-0.25, -0.2) is 0 Å². The van der Waals surface area contributed by atoms with Crippen molar-refractivity contribution < 1.29 is 75.9 Å². The van der Waals surface area contributed by atoms with E-state index in [0.29, 0.717) is 99.9 Å². The van der Waals surface area contributed by atoms with Gasteiger partial charge in [0.1, 0.15) is 11.6 Å². The molecule has 3 rings (SSSR count). The number of amidine groups is 1. The molecule has 2 heterocycles. The molecule has 0 bridgehead atoms. The molecule has 0 spiro atoms. The number of unbranched alkanes of at least 4 members (excludes halogenated alkanes) is 1. The minimum atomic E-state index is -1.11. The maximum absolute atomic E-state index is 14.0. The molecule has 0 aromatic heterocycles. The van der Waals surface area contributed by atoms with Gasteiger partial charge in [0.15, 0.2) is 0 Å². The number of amides is 2. The molecular weight excluding hydrogens is 1040 g/mol. The molecular formula is C50H76CuN6O12S3. The topological polar surface area (TPSA) is 269 Å². The number of thiocarbonyl (C=S) groups is 1. The third kappa shape index (κ3) is 23.6. The Morgan fingerprint density at radius 2 is 1.43 bits per heavy atom. The summed E-state index contributed by atoms with van der Waals surface area (Å²) in [5.41, 5.74) is 7.60. The van der Waals surface area contributed by atoms with Gasteiger partial charge in [-0.05, 0) is 78.2 Å². The smallest absolute Gasteiger partial charge is 0.317 e. The number of carbonyl (C=O) groups excluding carboxylic acids is 4. The van der Waals surface area contributed by atoms with Crippen LogP contribution in [-0.2, 0) is 68.3 Å². The van der Waals surface area contributed by atoms with Crippen LogP contribution in [0.15, 0.2) is 29.3 Å². The van der Waals surface area contributed by atoms with Crippen molar-refractivity contribution >= 4 is 93.7 Å². The zero-order valence-corrected chi connectivity index (χ0v) is 45.5. The van der Waals surface area contributed by atoms with Crippen molar-refractivity contribution in [3.8, 4) is 0 Å². The first-order valence-electron chi connectivity index (χ1n) is 24.6. The molecule has 1 radical (unpaired) electrons. The fraction of sp³-hybridized carbons (Fsp3) is 0.680. The van der Waals surface area contributed by atoms with Crippen molar-refractivity contribution in [1.82, 2.24) is 19.6 Å². The van der Waals surface area contributed by atoms with Crippen molar-refractivity contribution in [3.05, 3.63) is 35.4 Å². The zero-order chi connectivity index (χ0) is 52.6. The van der Waals surface area contributed by atoms with Gasteiger partial charge < -0.3 is 26.2 Å². The van der Waals surface area contributed by atoms with E-state index in [1.165, 1.54) is 16.7 Å². The summed E-state index contributed by atoms with van der Waals surface area (Å²) in [5.74, 6) is -5.33. The first-order chi connectivity index (χ1) is 33.7. The fourth-order valence-electron chi connectivity index (χ4n) is 9.09. The Morgan fingerprint density at radius 1 is 0.778 bits per heavy atom. The van der Waals surface area contributed by atoms with E-state index in [1.807, 2.05) is 54.2 Å². The second-order valence-corrected chi connectivity index (χ2v) is 21.9. The summed E-state index contributed by atoms with van der Waals surface area (Å²) in [5, 5.41) is 38.3. The average molecular weight is 1110 g/mol. The molecule has 22 heteroatoms. The van der Waals surface area contributed by atoms with Gasteiger partial charge in [0.25, 0.3) is 0 Å². The first kappa shape index (κ1) is 64.4. The van der Waals surface area contributed by atoms with Gasteiger partial charge >= 0.3 is 23.9 Å². The molecule has 2 aliphatic heterocycles. The van der Waals surface area contributed by atoms with E-state index in [0.717, 1.165) is 17.5 Å². The van der Waals surface area contributed by atoms with E-state index in [9.17, 15) is 58.8 Å². The van der Waals surface area contributed by atoms with Gasteiger partial charge in [-0.2, -0.15) is 11.8 Å². The Balaban J connectivity index is 0.0000178. The molecule has 407 valence electrons. The van der Waals surface area contributed by atoms with Gasteiger partial charge in [0.2, 0.25) is 11.8 Å². The average Bonchev–Trinajstić information content (AvgIpc) is 3.61. The Morgan fingerprint density at radius 3 is 2.04 bits per heavy atom. The number of nitrogens with zero attached hydrogens (tertiary/aromatic N) is 5. The van der Waals surface area contributed by atoms with Crippen LogP contribution in [0.1, 0.15) is 95.6 Å². The minimum absolute atomic E-state index is 0. The Labute approximate surface area is 448 Å². The molecule has 6 N–H and O–H groups in total. The monoisotopic (exact) mass is 1110 g/mol. The molecule has 2 aliphatic rings. The zero-order valence-electron chi connectivity index (χ0n) is 42.1. The van der Waals surface area contributed by atoms with E-state index >= 15 is 0 Å². The summed E-state index contributed by atoms with van der Waals surface area (Å²) in [7, 11) is 1.62. The number of nitrogens with two attached hydrogens (primary N) is 1. The fourth-order valence-corrected chi connectivity index (χ4v) is 11.1. The molecule has 2 amide bonds. The number of carboxylic acids is 4. The van der Waals surface area contributed by atoms with Gasteiger partial charge in [-0.1, -0.05) is 56.8 Å². The van der Waals surface area contributed by atoms with E-state index in [4.69, 9.17) is 18.0 Å². The number of carbonyl (C=O) groups is 8. The number of rotatable bonds is 34. The number of hydrogen-bond donors (Lipinski definition) is 5.